The third-order valence-corrected chi connectivity index (χ3v) is 5.51. The maximum absolute atomic E-state index is 12.9. The number of carbonyl (C=O) groups is 2. The van der Waals surface area contributed by atoms with Gasteiger partial charge in [0.05, 0.1) is 6.04 Å². The zero-order valence-electron chi connectivity index (χ0n) is 15.5. The minimum absolute atomic E-state index is 0.0343. The summed E-state index contributed by atoms with van der Waals surface area (Å²) in [6, 6.07) is 11.2. The number of amides is 2. The van der Waals surface area contributed by atoms with Crippen LogP contribution in [-0.4, -0.2) is 59.2 Å². The van der Waals surface area contributed by atoms with Crippen LogP contribution in [-0.2, 0) is 4.79 Å². The van der Waals surface area contributed by atoms with Crippen molar-refractivity contribution in [3.05, 3.63) is 48.3 Å². The highest BCUT2D eigenvalue weighted by molar-refractivity contribution is 6.03. The van der Waals surface area contributed by atoms with Gasteiger partial charge in [-0.1, -0.05) is 18.2 Å². The predicted octanol–water partition coefficient (Wildman–Crippen LogP) is 1.69. The molecule has 0 radical (unpaired) electrons. The molecule has 2 aromatic rings. The molecular formula is C20H25N5O2. The van der Waals surface area contributed by atoms with Crippen LogP contribution in [0.5, 0.6) is 0 Å². The van der Waals surface area contributed by atoms with Crippen LogP contribution in [0.3, 0.4) is 0 Å². The fourth-order valence-corrected chi connectivity index (χ4v) is 3.93. The van der Waals surface area contributed by atoms with E-state index in [1.54, 1.807) is 18.0 Å². The first-order valence-electron chi connectivity index (χ1n) is 9.54. The lowest BCUT2D eigenvalue weighted by molar-refractivity contribution is -0.120. The number of hydrogen-bond donors (Lipinski definition) is 1. The van der Waals surface area contributed by atoms with Gasteiger partial charge in [-0.05, 0) is 44.0 Å². The van der Waals surface area contributed by atoms with Crippen LogP contribution >= 0.6 is 0 Å². The summed E-state index contributed by atoms with van der Waals surface area (Å²) in [7, 11) is 1.70. The van der Waals surface area contributed by atoms with E-state index in [4.69, 9.17) is 0 Å². The molecule has 7 heteroatoms. The van der Waals surface area contributed by atoms with E-state index >= 15 is 0 Å². The number of benzene rings is 1. The first kappa shape index (κ1) is 17.7. The summed E-state index contributed by atoms with van der Waals surface area (Å²) in [6.07, 6.45) is 4.67. The van der Waals surface area contributed by atoms with Crippen LogP contribution in [0.4, 0.5) is 5.69 Å². The molecule has 4 rings (SSSR count). The molecule has 27 heavy (non-hydrogen) atoms. The van der Waals surface area contributed by atoms with Crippen molar-refractivity contribution in [1.29, 1.82) is 0 Å². The highest BCUT2D eigenvalue weighted by atomic mass is 16.2. The topological polar surface area (TPSA) is 70.5 Å². The molecule has 142 valence electrons. The van der Waals surface area contributed by atoms with Gasteiger partial charge in [-0.2, -0.15) is 5.10 Å². The van der Waals surface area contributed by atoms with Gasteiger partial charge in [-0.25, -0.2) is 0 Å². The summed E-state index contributed by atoms with van der Waals surface area (Å²) >= 11 is 0. The molecule has 2 aliphatic rings. The standard InChI is InChI=1S/C20H25N5O2/c1-23(18-10-12-24(20(18)27)15-6-3-2-4-7-15)19(26)17-9-13-25(22-17)16-8-5-11-21-14-16/h2-4,6-7,9,13,16,18,21H,5,8,10-12,14H2,1H3. The predicted molar refractivity (Wildman–Crippen MR) is 103 cm³/mol. The third-order valence-electron chi connectivity index (χ3n) is 5.51. The van der Waals surface area contributed by atoms with Crippen LogP contribution < -0.4 is 10.2 Å². The molecule has 2 atom stereocenters. The first-order chi connectivity index (χ1) is 13.1. The summed E-state index contributed by atoms with van der Waals surface area (Å²) in [4.78, 5) is 29.0. The lowest BCUT2D eigenvalue weighted by Crippen LogP contribution is -2.43. The van der Waals surface area contributed by atoms with E-state index in [0.29, 0.717) is 18.7 Å². The summed E-state index contributed by atoms with van der Waals surface area (Å²) < 4.78 is 1.87. The van der Waals surface area contributed by atoms with E-state index in [2.05, 4.69) is 10.4 Å². The zero-order valence-corrected chi connectivity index (χ0v) is 15.5. The highest BCUT2D eigenvalue weighted by Crippen LogP contribution is 2.24. The third kappa shape index (κ3) is 3.47. The van der Waals surface area contributed by atoms with E-state index in [-0.39, 0.29) is 17.9 Å². The number of rotatable bonds is 4. The molecule has 2 unspecified atom stereocenters. The van der Waals surface area contributed by atoms with Crippen molar-refractivity contribution < 1.29 is 9.59 Å². The van der Waals surface area contributed by atoms with Gasteiger partial charge in [-0.15, -0.1) is 0 Å². The number of hydrogen-bond acceptors (Lipinski definition) is 4. The molecule has 1 aromatic heterocycles. The van der Waals surface area contributed by atoms with Crippen LogP contribution in [0.1, 0.15) is 35.8 Å². The van der Waals surface area contributed by atoms with Gasteiger partial charge in [0.2, 0.25) is 5.91 Å². The van der Waals surface area contributed by atoms with E-state index < -0.39 is 6.04 Å². The number of anilines is 1. The summed E-state index contributed by atoms with van der Waals surface area (Å²) in [5.74, 6) is -0.237. The van der Waals surface area contributed by atoms with E-state index in [0.717, 1.165) is 31.6 Å². The molecule has 2 fully saturated rings. The molecule has 1 aromatic carbocycles. The van der Waals surface area contributed by atoms with Crippen LogP contribution in [0.2, 0.25) is 0 Å². The minimum Gasteiger partial charge on any atom is -0.328 e. The first-order valence-corrected chi connectivity index (χ1v) is 9.54. The maximum atomic E-state index is 12.9. The molecule has 0 spiro atoms. The van der Waals surface area contributed by atoms with Gasteiger partial charge in [0.1, 0.15) is 11.7 Å². The van der Waals surface area contributed by atoms with Crippen molar-refractivity contribution in [2.45, 2.75) is 31.3 Å². The Kier molecular flexibility index (Phi) is 4.94. The number of nitrogens with zero attached hydrogens (tertiary/aromatic N) is 4. The van der Waals surface area contributed by atoms with E-state index in [1.807, 2.05) is 41.2 Å². The van der Waals surface area contributed by atoms with Crippen LogP contribution in [0, 0.1) is 0 Å². The second-order valence-corrected chi connectivity index (χ2v) is 7.23. The smallest absolute Gasteiger partial charge is 0.274 e. The Balaban J connectivity index is 1.45. The average molecular weight is 367 g/mol. The van der Waals surface area contributed by atoms with Crippen molar-refractivity contribution in [1.82, 2.24) is 20.0 Å². The fourth-order valence-electron chi connectivity index (χ4n) is 3.93. The zero-order chi connectivity index (χ0) is 18.8. The van der Waals surface area contributed by atoms with Gasteiger partial charge in [0.25, 0.3) is 5.91 Å². The second-order valence-electron chi connectivity index (χ2n) is 7.23. The molecule has 7 nitrogen and oxygen atoms in total. The Labute approximate surface area is 158 Å². The Morgan fingerprint density at radius 1 is 1.22 bits per heavy atom. The molecule has 2 amide bonds. The van der Waals surface area contributed by atoms with Crippen molar-refractivity contribution >= 4 is 17.5 Å². The van der Waals surface area contributed by atoms with Crippen molar-refractivity contribution in [3.63, 3.8) is 0 Å². The fraction of sp³-hybridized carbons (Fsp3) is 0.450. The average Bonchev–Trinajstić information content (AvgIpc) is 3.35. The Morgan fingerprint density at radius 3 is 2.78 bits per heavy atom. The molecule has 2 aliphatic heterocycles. The van der Waals surface area contributed by atoms with E-state index in [1.165, 1.54) is 4.90 Å². The number of para-hydroxylation sites is 1. The van der Waals surface area contributed by atoms with Crippen molar-refractivity contribution in [3.8, 4) is 0 Å². The molecule has 1 N–H and O–H groups in total. The normalized spacial score (nSPS) is 22.9. The van der Waals surface area contributed by atoms with Gasteiger partial charge in [0, 0.05) is 32.0 Å². The number of piperidine rings is 1. The molecule has 2 saturated heterocycles. The number of aromatic nitrogens is 2. The largest absolute Gasteiger partial charge is 0.328 e. The van der Waals surface area contributed by atoms with Gasteiger partial charge in [0.15, 0.2) is 0 Å². The van der Waals surface area contributed by atoms with Gasteiger partial charge >= 0.3 is 0 Å². The Morgan fingerprint density at radius 2 is 2.04 bits per heavy atom. The monoisotopic (exact) mass is 367 g/mol. The molecule has 3 heterocycles. The molecular weight excluding hydrogens is 342 g/mol. The van der Waals surface area contributed by atoms with Crippen molar-refractivity contribution in [2.75, 3.05) is 31.6 Å². The van der Waals surface area contributed by atoms with Crippen molar-refractivity contribution in [2.24, 2.45) is 0 Å². The minimum atomic E-state index is -0.445. The SMILES string of the molecule is CN(C(=O)c1ccn(C2CCCNC2)n1)C1CCN(c2ccccc2)C1=O. The van der Waals surface area contributed by atoms with Gasteiger partial charge in [-0.3, -0.25) is 14.3 Å². The number of nitrogens with one attached hydrogen (secondary N) is 1. The molecule has 0 aliphatic carbocycles. The van der Waals surface area contributed by atoms with Gasteiger partial charge < -0.3 is 15.1 Å². The highest BCUT2D eigenvalue weighted by Gasteiger charge is 2.37. The number of carbonyl (C=O) groups excluding carboxylic acids is 2. The summed E-state index contributed by atoms with van der Waals surface area (Å²) in [6.45, 7) is 2.53. The van der Waals surface area contributed by atoms with Crippen LogP contribution in [0.25, 0.3) is 0 Å². The summed E-state index contributed by atoms with van der Waals surface area (Å²) in [5, 5.41) is 7.85. The summed E-state index contributed by atoms with van der Waals surface area (Å²) in [5.41, 5.74) is 1.27. The Bertz CT molecular complexity index is 813. The quantitative estimate of drug-likeness (QED) is 0.893. The number of likely N-dealkylation sites (N-methyl/N-ethyl adjacent to an activating group) is 1. The van der Waals surface area contributed by atoms with E-state index in [9.17, 15) is 9.59 Å². The Hall–Kier alpha value is -2.67. The lowest BCUT2D eigenvalue weighted by Gasteiger charge is -2.24. The lowest BCUT2D eigenvalue weighted by atomic mass is 10.1. The maximum Gasteiger partial charge on any atom is 0.274 e. The molecule has 0 bridgehead atoms. The molecule has 0 saturated carbocycles. The van der Waals surface area contributed by atoms with Crippen LogP contribution in [0.15, 0.2) is 42.6 Å². The second kappa shape index (κ2) is 7.52.